The van der Waals surface area contributed by atoms with Crippen LogP contribution in [0.3, 0.4) is 0 Å². The highest BCUT2D eigenvalue weighted by Gasteiger charge is 2.39. The summed E-state index contributed by atoms with van der Waals surface area (Å²) in [5.41, 5.74) is 6.76. The maximum Gasteiger partial charge on any atom is 0.255 e. The summed E-state index contributed by atoms with van der Waals surface area (Å²) in [7, 11) is 0. The van der Waals surface area contributed by atoms with E-state index < -0.39 is 0 Å². The van der Waals surface area contributed by atoms with Crippen molar-refractivity contribution in [1.82, 2.24) is 9.97 Å². The zero-order valence-corrected chi connectivity index (χ0v) is 15.7. The molecular weight excluding hydrogens is 334 g/mol. The number of fused-ring (bicyclic) bond motifs is 6. The summed E-state index contributed by atoms with van der Waals surface area (Å²) in [4.78, 5) is 22.4. The molecule has 1 aromatic heterocycles. The van der Waals surface area contributed by atoms with Crippen molar-refractivity contribution in [3.63, 3.8) is 0 Å². The van der Waals surface area contributed by atoms with Gasteiger partial charge in [0.1, 0.15) is 0 Å². The molecule has 1 heterocycles. The molecule has 0 spiro atoms. The minimum absolute atomic E-state index is 0.113. The molecule has 136 valence electrons. The maximum atomic E-state index is 12.7. The van der Waals surface area contributed by atoms with Crippen molar-refractivity contribution in [2.45, 2.75) is 50.9 Å². The molecule has 2 bridgehead atoms. The van der Waals surface area contributed by atoms with Crippen LogP contribution in [0.2, 0.25) is 0 Å². The Morgan fingerprint density at radius 3 is 2.30 bits per heavy atom. The second-order valence-electron chi connectivity index (χ2n) is 8.14. The van der Waals surface area contributed by atoms with E-state index in [-0.39, 0.29) is 5.91 Å². The number of amides is 1. The van der Waals surface area contributed by atoms with Crippen LogP contribution in [-0.2, 0) is 0 Å². The van der Waals surface area contributed by atoms with Crippen molar-refractivity contribution in [3.05, 3.63) is 65.0 Å². The lowest BCUT2D eigenvalue weighted by atomic mass is 10.00. The number of nitrogens with zero attached hydrogens (tertiary/aromatic N) is 2. The second-order valence-corrected chi connectivity index (χ2v) is 8.14. The van der Waals surface area contributed by atoms with Gasteiger partial charge in [0.2, 0.25) is 0 Å². The summed E-state index contributed by atoms with van der Waals surface area (Å²) < 4.78 is 0. The summed E-state index contributed by atoms with van der Waals surface area (Å²) >= 11 is 0. The van der Waals surface area contributed by atoms with Crippen LogP contribution < -0.4 is 5.32 Å². The first kappa shape index (κ1) is 16.4. The highest BCUT2D eigenvalue weighted by molar-refractivity contribution is 6.05. The van der Waals surface area contributed by atoms with Crippen molar-refractivity contribution in [2.75, 3.05) is 5.32 Å². The third-order valence-electron chi connectivity index (χ3n) is 6.02. The molecule has 27 heavy (non-hydrogen) atoms. The van der Waals surface area contributed by atoms with E-state index >= 15 is 0 Å². The third kappa shape index (κ3) is 2.80. The van der Waals surface area contributed by atoms with Crippen molar-refractivity contribution in [1.29, 1.82) is 0 Å². The molecule has 1 saturated carbocycles. The molecule has 2 unspecified atom stereocenters. The minimum atomic E-state index is -0.113. The normalized spacial score (nSPS) is 20.3. The highest BCUT2D eigenvalue weighted by atomic mass is 16.1. The van der Waals surface area contributed by atoms with Crippen LogP contribution in [-0.4, -0.2) is 15.9 Å². The minimum Gasteiger partial charge on any atom is -0.322 e. The van der Waals surface area contributed by atoms with Gasteiger partial charge in [0.25, 0.3) is 5.91 Å². The second kappa shape index (κ2) is 6.15. The van der Waals surface area contributed by atoms with E-state index in [0.29, 0.717) is 23.3 Å². The Labute approximate surface area is 159 Å². The van der Waals surface area contributed by atoms with E-state index in [4.69, 9.17) is 9.97 Å². The Morgan fingerprint density at radius 2 is 1.63 bits per heavy atom. The van der Waals surface area contributed by atoms with Gasteiger partial charge >= 0.3 is 0 Å². The Bertz CT molecular complexity index is 1040. The summed E-state index contributed by atoms with van der Waals surface area (Å²) in [5, 5.41) is 2.98. The van der Waals surface area contributed by atoms with E-state index in [1.54, 1.807) is 0 Å². The third-order valence-corrected chi connectivity index (χ3v) is 6.02. The number of anilines is 1. The van der Waals surface area contributed by atoms with Crippen molar-refractivity contribution < 1.29 is 4.79 Å². The molecule has 3 aromatic rings. The lowest BCUT2D eigenvalue weighted by Crippen LogP contribution is -2.12. The van der Waals surface area contributed by atoms with Crippen LogP contribution in [0.1, 0.15) is 78.2 Å². The Hall–Kier alpha value is -2.75. The smallest absolute Gasteiger partial charge is 0.255 e. The summed E-state index contributed by atoms with van der Waals surface area (Å²) in [6.07, 6.45) is 3.67. The monoisotopic (exact) mass is 357 g/mol. The molecule has 1 N–H and O–H groups in total. The van der Waals surface area contributed by atoms with Crippen LogP contribution in [0.25, 0.3) is 11.0 Å². The van der Waals surface area contributed by atoms with Gasteiger partial charge < -0.3 is 5.32 Å². The van der Waals surface area contributed by atoms with Gasteiger partial charge in [-0.25, -0.2) is 9.97 Å². The van der Waals surface area contributed by atoms with Gasteiger partial charge in [-0.3, -0.25) is 4.79 Å². The zero-order chi connectivity index (χ0) is 18.5. The molecule has 2 aliphatic rings. The molecule has 0 radical (unpaired) electrons. The SMILES string of the molecule is CC(C)c1ccc(NC(=O)c2ccc3nc4c(nc3c2)C2CCC4C2)cc1. The Morgan fingerprint density at radius 1 is 0.963 bits per heavy atom. The fourth-order valence-electron chi connectivity index (χ4n) is 4.46. The van der Waals surface area contributed by atoms with E-state index in [1.165, 1.54) is 36.2 Å². The first-order chi connectivity index (χ1) is 13.1. The van der Waals surface area contributed by atoms with Gasteiger partial charge in [-0.15, -0.1) is 0 Å². The van der Waals surface area contributed by atoms with Gasteiger partial charge in [0, 0.05) is 23.1 Å². The lowest BCUT2D eigenvalue weighted by molar-refractivity contribution is 0.102. The molecular formula is C23H23N3O. The molecule has 2 aromatic carbocycles. The predicted octanol–water partition coefficient (Wildman–Crippen LogP) is 5.37. The summed E-state index contributed by atoms with van der Waals surface area (Å²) in [5.74, 6) is 1.53. The maximum absolute atomic E-state index is 12.7. The molecule has 0 aliphatic heterocycles. The number of hydrogen-bond donors (Lipinski definition) is 1. The number of hydrogen-bond acceptors (Lipinski definition) is 3. The summed E-state index contributed by atoms with van der Waals surface area (Å²) in [6, 6.07) is 13.7. The van der Waals surface area contributed by atoms with Gasteiger partial charge in [-0.2, -0.15) is 0 Å². The van der Waals surface area contributed by atoms with Crippen LogP contribution in [0, 0.1) is 0 Å². The lowest BCUT2D eigenvalue weighted by Gasteiger charge is -2.14. The van der Waals surface area contributed by atoms with Crippen LogP contribution in [0.15, 0.2) is 42.5 Å². The number of aromatic nitrogens is 2. The molecule has 1 amide bonds. The van der Waals surface area contributed by atoms with Crippen LogP contribution in [0.5, 0.6) is 0 Å². The van der Waals surface area contributed by atoms with Crippen LogP contribution in [0.4, 0.5) is 5.69 Å². The van der Waals surface area contributed by atoms with E-state index in [1.807, 2.05) is 30.3 Å². The predicted molar refractivity (Wildman–Crippen MR) is 107 cm³/mol. The fourth-order valence-corrected chi connectivity index (χ4v) is 4.46. The Kier molecular flexibility index (Phi) is 3.74. The molecule has 4 nitrogen and oxygen atoms in total. The molecule has 0 saturated heterocycles. The van der Waals surface area contributed by atoms with Crippen LogP contribution >= 0.6 is 0 Å². The van der Waals surface area contributed by atoms with E-state index in [2.05, 4.69) is 31.3 Å². The molecule has 1 fully saturated rings. The van der Waals surface area contributed by atoms with Gasteiger partial charge in [-0.1, -0.05) is 26.0 Å². The zero-order valence-electron chi connectivity index (χ0n) is 15.7. The average molecular weight is 357 g/mol. The average Bonchev–Trinajstić information content (AvgIpc) is 3.28. The van der Waals surface area contributed by atoms with E-state index in [9.17, 15) is 4.79 Å². The van der Waals surface area contributed by atoms with E-state index in [0.717, 1.165) is 16.7 Å². The van der Waals surface area contributed by atoms with Crippen molar-refractivity contribution >= 4 is 22.6 Å². The molecule has 2 aliphatic carbocycles. The number of nitrogens with one attached hydrogen (secondary N) is 1. The van der Waals surface area contributed by atoms with Gasteiger partial charge in [-0.05, 0) is 61.1 Å². The quantitative estimate of drug-likeness (QED) is 0.685. The number of benzene rings is 2. The number of carbonyl (C=O) groups excluding carboxylic acids is 1. The van der Waals surface area contributed by atoms with Gasteiger partial charge in [0.05, 0.1) is 22.4 Å². The number of carbonyl (C=O) groups is 1. The van der Waals surface area contributed by atoms with Crippen molar-refractivity contribution in [3.8, 4) is 0 Å². The number of rotatable bonds is 3. The molecule has 4 heteroatoms. The first-order valence-electron chi connectivity index (χ1n) is 9.81. The summed E-state index contributed by atoms with van der Waals surface area (Å²) in [6.45, 7) is 4.32. The molecule has 2 atom stereocenters. The van der Waals surface area contributed by atoms with Crippen molar-refractivity contribution in [2.24, 2.45) is 0 Å². The largest absolute Gasteiger partial charge is 0.322 e. The fraction of sp³-hybridized carbons (Fsp3) is 0.348. The topological polar surface area (TPSA) is 54.9 Å². The van der Waals surface area contributed by atoms with Gasteiger partial charge in [0.15, 0.2) is 0 Å². The highest BCUT2D eigenvalue weighted by Crippen LogP contribution is 2.51. The standard InChI is InChI=1S/C23H23N3O/c1-13(2)14-5-8-18(9-6-14)24-23(27)17-7-10-19-20(12-17)26-22-16-4-3-15(11-16)21(22)25-19/h5-10,12-13,15-16H,3-4,11H2,1-2H3,(H,24,27). The molecule has 5 rings (SSSR count). The Balaban J connectivity index is 1.42. The first-order valence-corrected chi connectivity index (χ1v) is 9.81.